The number of nitrogens with one attached hydrogen (secondary N) is 1. The lowest BCUT2D eigenvalue weighted by Gasteiger charge is -2.20. The maximum absolute atomic E-state index is 12.5. The van der Waals surface area contributed by atoms with Crippen molar-refractivity contribution >= 4 is 31.9 Å². The van der Waals surface area contributed by atoms with E-state index < -0.39 is 28.1 Å². The molecule has 2 atom stereocenters. The van der Waals surface area contributed by atoms with Gasteiger partial charge in [-0.15, -0.1) is 0 Å². The molecule has 0 heterocycles. The largest absolute Gasteiger partial charge is 0.493 e. The van der Waals surface area contributed by atoms with Gasteiger partial charge >= 0.3 is 5.97 Å². The van der Waals surface area contributed by atoms with Crippen LogP contribution in [0.4, 0.5) is 0 Å². The Balaban J connectivity index is 3.30. The first-order valence-electron chi connectivity index (χ1n) is 6.37. The van der Waals surface area contributed by atoms with E-state index in [2.05, 4.69) is 25.4 Å². The van der Waals surface area contributed by atoms with Crippen molar-refractivity contribution in [3.63, 3.8) is 0 Å². The van der Waals surface area contributed by atoms with E-state index in [-0.39, 0.29) is 15.1 Å². The first kappa shape index (κ1) is 19.7. The van der Waals surface area contributed by atoms with Crippen LogP contribution in [-0.4, -0.2) is 53.0 Å². The highest BCUT2D eigenvalue weighted by molar-refractivity contribution is 9.10. The number of aliphatic hydroxyl groups is 1. The van der Waals surface area contributed by atoms with Crippen LogP contribution in [0.3, 0.4) is 0 Å². The summed E-state index contributed by atoms with van der Waals surface area (Å²) in [5.74, 6) is -0.374. The van der Waals surface area contributed by atoms with E-state index in [9.17, 15) is 18.3 Å². The molecule has 0 saturated heterocycles. The minimum atomic E-state index is -4.14. The molecule has 0 radical (unpaired) electrons. The zero-order chi connectivity index (χ0) is 17.8. The monoisotopic (exact) mass is 411 g/mol. The first-order valence-corrected chi connectivity index (χ1v) is 8.65. The summed E-state index contributed by atoms with van der Waals surface area (Å²) >= 11 is 3.13. The van der Waals surface area contributed by atoms with Gasteiger partial charge in [0.2, 0.25) is 10.0 Å². The number of esters is 1. The smallest absolute Gasteiger partial charge is 0.326 e. The van der Waals surface area contributed by atoms with Gasteiger partial charge < -0.3 is 19.3 Å². The maximum atomic E-state index is 12.5. The second-order valence-corrected chi connectivity index (χ2v) is 7.04. The summed E-state index contributed by atoms with van der Waals surface area (Å²) in [7, 11) is -0.268. The van der Waals surface area contributed by atoms with Crippen LogP contribution in [0.2, 0.25) is 0 Å². The number of hydrogen-bond donors (Lipinski definition) is 2. The van der Waals surface area contributed by atoms with Gasteiger partial charge in [-0.2, -0.15) is 4.72 Å². The van der Waals surface area contributed by atoms with Crippen LogP contribution in [0.5, 0.6) is 11.5 Å². The maximum Gasteiger partial charge on any atom is 0.326 e. The molecule has 0 aromatic heterocycles. The molecule has 0 aliphatic carbocycles. The Bertz CT molecular complexity index is 675. The fourth-order valence-electron chi connectivity index (χ4n) is 1.74. The molecule has 0 bridgehead atoms. The number of rotatable bonds is 7. The zero-order valence-electron chi connectivity index (χ0n) is 13.0. The van der Waals surface area contributed by atoms with E-state index in [0.29, 0.717) is 5.75 Å². The Morgan fingerprint density at radius 3 is 2.17 bits per heavy atom. The topological polar surface area (TPSA) is 111 Å². The van der Waals surface area contributed by atoms with Gasteiger partial charge in [0.1, 0.15) is 10.9 Å². The molecule has 0 aliphatic rings. The Kier molecular flexibility index (Phi) is 6.81. The van der Waals surface area contributed by atoms with E-state index >= 15 is 0 Å². The molecule has 2 N–H and O–H groups in total. The lowest BCUT2D eigenvalue weighted by atomic mass is 10.2. The van der Waals surface area contributed by atoms with Crippen LogP contribution in [-0.2, 0) is 19.6 Å². The second-order valence-electron chi connectivity index (χ2n) is 4.50. The minimum absolute atomic E-state index is 0.176. The second kappa shape index (κ2) is 7.95. The molecular formula is C13H18BrNO7S. The third-order valence-corrected chi connectivity index (χ3v) is 5.35. The van der Waals surface area contributed by atoms with Crippen molar-refractivity contribution < 1.29 is 32.5 Å². The molecule has 130 valence electrons. The van der Waals surface area contributed by atoms with Crippen molar-refractivity contribution in [3.8, 4) is 11.5 Å². The normalized spacial score (nSPS) is 14.0. The summed E-state index contributed by atoms with van der Waals surface area (Å²) in [6.07, 6.45) is -1.28. The fourth-order valence-corrected chi connectivity index (χ4v) is 4.04. The quantitative estimate of drug-likeness (QED) is 0.634. The number of methoxy groups -OCH3 is 3. The molecule has 8 nitrogen and oxygen atoms in total. The Hall–Kier alpha value is -1.36. The van der Waals surface area contributed by atoms with Gasteiger partial charge in [0.05, 0.1) is 27.4 Å². The predicted molar refractivity (Wildman–Crippen MR) is 85.1 cm³/mol. The molecular weight excluding hydrogens is 394 g/mol. The number of ether oxygens (including phenoxy) is 3. The summed E-state index contributed by atoms with van der Waals surface area (Å²) in [6.45, 7) is 1.27. The van der Waals surface area contributed by atoms with Gasteiger partial charge in [0.25, 0.3) is 0 Å². The summed E-state index contributed by atoms with van der Waals surface area (Å²) in [5, 5.41) is 9.59. The molecule has 0 aliphatic heterocycles. The lowest BCUT2D eigenvalue weighted by Crippen LogP contribution is -2.48. The molecule has 0 spiro atoms. The first-order chi connectivity index (χ1) is 10.7. The number of sulfonamides is 1. The van der Waals surface area contributed by atoms with Crippen LogP contribution in [0.15, 0.2) is 21.5 Å². The van der Waals surface area contributed by atoms with Gasteiger partial charge in [0.15, 0.2) is 11.5 Å². The molecule has 0 fully saturated rings. The lowest BCUT2D eigenvalue weighted by molar-refractivity contribution is -0.145. The molecule has 1 aromatic rings. The van der Waals surface area contributed by atoms with Gasteiger partial charge in [-0.05, 0) is 28.9 Å². The van der Waals surface area contributed by atoms with E-state index in [1.807, 2.05) is 0 Å². The van der Waals surface area contributed by atoms with Crippen molar-refractivity contribution in [2.45, 2.75) is 24.0 Å². The van der Waals surface area contributed by atoms with Gasteiger partial charge in [-0.1, -0.05) is 0 Å². The molecule has 2 unspecified atom stereocenters. The standard InChI is InChI=1S/C13H18BrNO7S/c1-7(16)12(13(17)22-4)15-23(18,19)11-6-10(21-3)9(20-2)5-8(11)14/h5-7,12,15-16H,1-4H3. The summed E-state index contributed by atoms with van der Waals surface area (Å²) in [5.41, 5.74) is 0. The number of carbonyl (C=O) groups is 1. The Morgan fingerprint density at radius 1 is 1.22 bits per heavy atom. The fraction of sp³-hybridized carbons (Fsp3) is 0.462. The molecule has 1 rings (SSSR count). The molecule has 0 amide bonds. The van der Waals surface area contributed by atoms with Gasteiger partial charge in [-0.25, -0.2) is 8.42 Å². The van der Waals surface area contributed by atoms with Crippen LogP contribution < -0.4 is 14.2 Å². The minimum Gasteiger partial charge on any atom is -0.493 e. The average molecular weight is 412 g/mol. The Morgan fingerprint density at radius 2 is 1.74 bits per heavy atom. The van der Waals surface area contributed by atoms with E-state index in [4.69, 9.17) is 9.47 Å². The Labute approximate surface area is 142 Å². The summed E-state index contributed by atoms with van der Waals surface area (Å²) in [4.78, 5) is 11.4. The van der Waals surface area contributed by atoms with E-state index in [1.165, 1.54) is 33.3 Å². The van der Waals surface area contributed by atoms with Crippen LogP contribution in [0.25, 0.3) is 0 Å². The van der Waals surface area contributed by atoms with Crippen molar-refractivity contribution in [1.82, 2.24) is 4.72 Å². The third-order valence-electron chi connectivity index (χ3n) is 2.95. The number of hydrogen-bond acceptors (Lipinski definition) is 7. The van der Waals surface area contributed by atoms with Gasteiger partial charge in [0, 0.05) is 10.5 Å². The highest BCUT2D eigenvalue weighted by atomic mass is 79.9. The summed E-state index contributed by atoms with van der Waals surface area (Å²) < 4.78 is 41.9. The van der Waals surface area contributed by atoms with Crippen molar-refractivity contribution in [2.24, 2.45) is 0 Å². The van der Waals surface area contributed by atoms with Crippen molar-refractivity contribution in [3.05, 3.63) is 16.6 Å². The zero-order valence-corrected chi connectivity index (χ0v) is 15.4. The van der Waals surface area contributed by atoms with E-state index in [1.54, 1.807) is 0 Å². The SMILES string of the molecule is COC(=O)C(NS(=O)(=O)c1cc(OC)c(OC)cc1Br)C(C)O. The van der Waals surface area contributed by atoms with Crippen LogP contribution >= 0.6 is 15.9 Å². The molecule has 0 saturated carbocycles. The number of benzene rings is 1. The number of carbonyl (C=O) groups excluding carboxylic acids is 1. The van der Waals surface area contributed by atoms with Crippen molar-refractivity contribution in [1.29, 1.82) is 0 Å². The predicted octanol–water partition coefficient (Wildman–Crippen LogP) is 0.667. The van der Waals surface area contributed by atoms with Gasteiger partial charge in [-0.3, -0.25) is 4.79 Å². The van der Waals surface area contributed by atoms with Crippen LogP contribution in [0.1, 0.15) is 6.92 Å². The number of aliphatic hydroxyl groups excluding tert-OH is 1. The molecule has 10 heteroatoms. The van der Waals surface area contributed by atoms with E-state index in [0.717, 1.165) is 7.11 Å². The van der Waals surface area contributed by atoms with Crippen LogP contribution in [0, 0.1) is 0 Å². The third kappa shape index (κ3) is 4.56. The average Bonchev–Trinajstić information content (AvgIpc) is 2.50. The molecule has 23 heavy (non-hydrogen) atoms. The van der Waals surface area contributed by atoms with Crippen molar-refractivity contribution in [2.75, 3.05) is 21.3 Å². The highest BCUT2D eigenvalue weighted by Crippen LogP contribution is 2.35. The number of halogens is 1. The molecule has 1 aromatic carbocycles. The summed E-state index contributed by atoms with van der Waals surface area (Å²) in [6, 6.07) is 1.22. The highest BCUT2D eigenvalue weighted by Gasteiger charge is 2.32.